The van der Waals surface area contributed by atoms with E-state index in [1.54, 1.807) is 0 Å². The lowest BCUT2D eigenvalue weighted by Crippen LogP contribution is -2.26. The van der Waals surface area contributed by atoms with Crippen molar-refractivity contribution in [3.8, 4) is 11.1 Å². The van der Waals surface area contributed by atoms with Crippen molar-refractivity contribution in [3.05, 3.63) is 89.5 Å². The van der Waals surface area contributed by atoms with Crippen LogP contribution in [-0.4, -0.2) is 12.7 Å². The average molecular weight is 344 g/mol. The predicted octanol–water partition coefficient (Wildman–Crippen LogP) is 4.31. The van der Waals surface area contributed by atoms with Crippen LogP contribution in [0.2, 0.25) is 0 Å². The van der Waals surface area contributed by atoms with Gasteiger partial charge >= 0.3 is 6.09 Å². The van der Waals surface area contributed by atoms with Crippen LogP contribution in [0.3, 0.4) is 0 Å². The Kier molecular flexibility index (Phi) is 4.32. The molecule has 0 aromatic heterocycles. The van der Waals surface area contributed by atoms with Gasteiger partial charge in [-0.25, -0.2) is 4.79 Å². The van der Waals surface area contributed by atoms with Crippen molar-refractivity contribution in [3.63, 3.8) is 0 Å². The van der Waals surface area contributed by atoms with Gasteiger partial charge in [-0.15, -0.1) is 0 Å². The molecule has 0 atom stereocenters. The molecule has 0 aliphatic heterocycles. The van der Waals surface area contributed by atoms with Gasteiger partial charge in [-0.05, 0) is 33.9 Å². The van der Waals surface area contributed by atoms with Gasteiger partial charge in [-0.1, -0.05) is 66.7 Å². The molecule has 0 heterocycles. The van der Waals surface area contributed by atoms with Crippen LogP contribution in [-0.2, 0) is 11.3 Å². The van der Waals surface area contributed by atoms with E-state index in [2.05, 4.69) is 29.6 Å². The molecule has 26 heavy (non-hydrogen) atoms. The van der Waals surface area contributed by atoms with Crippen molar-refractivity contribution >= 4 is 11.8 Å². The minimum atomic E-state index is -0.435. The van der Waals surface area contributed by atoms with Crippen molar-refractivity contribution in [2.45, 2.75) is 12.5 Å². The van der Waals surface area contributed by atoms with Crippen LogP contribution in [0.15, 0.2) is 72.8 Å². The molecule has 3 N–H and O–H groups in total. The molecule has 0 fully saturated rings. The van der Waals surface area contributed by atoms with E-state index in [1.807, 2.05) is 48.5 Å². The molecule has 1 aliphatic rings. The Labute approximate surface area is 152 Å². The Morgan fingerprint density at radius 1 is 0.885 bits per heavy atom. The topological polar surface area (TPSA) is 64.3 Å². The molecule has 0 saturated heterocycles. The minimum Gasteiger partial charge on any atom is -0.449 e. The molecular weight excluding hydrogens is 324 g/mol. The van der Waals surface area contributed by atoms with E-state index in [0.29, 0.717) is 18.8 Å². The van der Waals surface area contributed by atoms with Crippen molar-refractivity contribution in [1.29, 1.82) is 0 Å². The second-order valence-electron chi connectivity index (χ2n) is 6.38. The van der Waals surface area contributed by atoms with Crippen LogP contribution < -0.4 is 11.1 Å². The van der Waals surface area contributed by atoms with Gasteiger partial charge in [0.15, 0.2) is 0 Å². The van der Waals surface area contributed by atoms with Crippen molar-refractivity contribution in [2.24, 2.45) is 0 Å². The molecule has 3 aromatic carbocycles. The van der Waals surface area contributed by atoms with Gasteiger partial charge in [-0.3, -0.25) is 0 Å². The Bertz CT molecular complexity index is 907. The molecule has 0 unspecified atom stereocenters. The molecule has 4 heteroatoms. The number of ether oxygens (including phenoxy) is 1. The van der Waals surface area contributed by atoms with E-state index in [0.717, 1.165) is 5.56 Å². The Morgan fingerprint density at radius 3 is 2.12 bits per heavy atom. The third kappa shape index (κ3) is 3.02. The monoisotopic (exact) mass is 344 g/mol. The number of nitrogens with two attached hydrogens (primary N) is 1. The third-order valence-electron chi connectivity index (χ3n) is 4.82. The molecule has 3 aromatic rings. The number of amides is 1. The molecule has 0 radical (unpaired) electrons. The van der Waals surface area contributed by atoms with Gasteiger partial charge < -0.3 is 15.8 Å². The molecule has 1 amide bonds. The zero-order chi connectivity index (χ0) is 17.9. The number of fused-ring (bicyclic) bond motifs is 3. The number of hydrogen-bond donors (Lipinski definition) is 2. The summed E-state index contributed by atoms with van der Waals surface area (Å²) in [6.07, 6.45) is -0.435. The normalized spacial score (nSPS) is 12.3. The third-order valence-corrected chi connectivity index (χ3v) is 4.82. The standard InChI is InChI=1S/C22H20N2O2/c23-21-12-6-1-7-15(21)13-24-22(25)26-14-20-18-10-4-2-8-16(18)17-9-3-5-11-19(17)20/h1-12,20H,13-14,23H2,(H,24,25). The average Bonchev–Trinajstić information content (AvgIpc) is 3.00. The number of carbonyl (C=O) groups excluding carboxylic acids is 1. The van der Waals surface area contributed by atoms with Gasteiger partial charge in [0.2, 0.25) is 0 Å². The number of anilines is 1. The van der Waals surface area contributed by atoms with Gasteiger partial charge in [0.25, 0.3) is 0 Å². The summed E-state index contributed by atoms with van der Waals surface area (Å²) < 4.78 is 5.51. The SMILES string of the molecule is Nc1ccccc1CNC(=O)OCC1c2ccccc2-c2ccccc21. The Balaban J connectivity index is 1.43. The van der Waals surface area contributed by atoms with Crippen molar-refractivity contribution in [1.82, 2.24) is 5.32 Å². The number of benzene rings is 3. The smallest absolute Gasteiger partial charge is 0.407 e. The summed E-state index contributed by atoms with van der Waals surface area (Å²) in [6, 6.07) is 24.0. The predicted molar refractivity (Wildman–Crippen MR) is 103 cm³/mol. The first-order valence-electron chi connectivity index (χ1n) is 8.66. The number of nitrogens with one attached hydrogen (secondary N) is 1. The Hall–Kier alpha value is -3.27. The van der Waals surface area contributed by atoms with Crippen LogP contribution in [0.4, 0.5) is 10.5 Å². The van der Waals surface area contributed by atoms with Crippen LogP contribution >= 0.6 is 0 Å². The van der Waals surface area contributed by atoms with Gasteiger partial charge in [0.05, 0.1) is 0 Å². The van der Waals surface area contributed by atoms with E-state index < -0.39 is 6.09 Å². The number of hydrogen-bond acceptors (Lipinski definition) is 3. The summed E-state index contributed by atoms with van der Waals surface area (Å²) in [6.45, 7) is 0.660. The van der Waals surface area contributed by atoms with Crippen LogP contribution in [0.5, 0.6) is 0 Å². The lowest BCUT2D eigenvalue weighted by molar-refractivity contribution is 0.142. The largest absolute Gasteiger partial charge is 0.449 e. The highest BCUT2D eigenvalue weighted by atomic mass is 16.5. The minimum absolute atomic E-state index is 0.0648. The number of carbonyl (C=O) groups is 1. The lowest BCUT2D eigenvalue weighted by atomic mass is 9.98. The summed E-state index contributed by atoms with van der Waals surface area (Å²) >= 11 is 0. The van der Waals surface area contributed by atoms with Crippen molar-refractivity contribution in [2.75, 3.05) is 12.3 Å². The molecule has 130 valence electrons. The van der Waals surface area contributed by atoms with E-state index in [4.69, 9.17) is 10.5 Å². The van der Waals surface area contributed by atoms with E-state index in [9.17, 15) is 4.79 Å². The van der Waals surface area contributed by atoms with Gasteiger partial charge in [-0.2, -0.15) is 0 Å². The maximum absolute atomic E-state index is 12.1. The molecular formula is C22H20N2O2. The van der Waals surface area contributed by atoms with E-state index >= 15 is 0 Å². The molecule has 1 aliphatic carbocycles. The number of alkyl carbamates (subject to hydrolysis) is 1. The molecule has 0 spiro atoms. The summed E-state index contributed by atoms with van der Waals surface area (Å²) in [5, 5.41) is 2.77. The maximum atomic E-state index is 12.1. The molecule has 0 bridgehead atoms. The van der Waals surface area contributed by atoms with E-state index in [-0.39, 0.29) is 5.92 Å². The number of para-hydroxylation sites is 1. The number of nitrogen functional groups attached to an aromatic ring is 1. The second kappa shape index (κ2) is 6.92. The summed E-state index contributed by atoms with van der Waals surface area (Å²) in [7, 11) is 0. The first-order chi connectivity index (χ1) is 12.7. The lowest BCUT2D eigenvalue weighted by Gasteiger charge is -2.15. The highest BCUT2D eigenvalue weighted by Crippen LogP contribution is 2.44. The summed E-state index contributed by atoms with van der Waals surface area (Å²) in [5.41, 5.74) is 12.3. The fourth-order valence-electron chi connectivity index (χ4n) is 3.51. The second-order valence-corrected chi connectivity index (χ2v) is 6.38. The Morgan fingerprint density at radius 2 is 1.46 bits per heavy atom. The highest BCUT2D eigenvalue weighted by Gasteiger charge is 2.28. The fourth-order valence-corrected chi connectivity index (χ4v) is 3.51. The maximum Gasteiger partial charge on any atom is 0.407 e. The van der Waals surface area contributed by atoms with Crippen LogP contribution in [0.1, 0.15) is 22.6 Å². The van der Waals surface area contributed by atoms with Crippen LogP contribution in [0.25, 0.3) is 11.1 Å². The number of rotatable bonds is 4. The first kappa shape index (κ1) is 16.2. The van der Waals surface area contributed by atoms with Crippen LogP contribution in [0, 0.1) is 0 Å². The highest BCUT2D eigenvalue weighted by molar-refractivity contribution is 5.79. The molecule has 4 rings (SSSR count). The summed E-state index contributed by atoms with van der Waals surface area (Å²) in [4.78, 5) is 12.1. The molecule has 0 saturated carbocycles. The van der Waals surface area contributed by atoms with Gasteiger partial charge in [0.1, 0.15) is 6.61 Å². The van der Waals surface area contributed by atoms with Crippen molar-refractivity contribution < 1.29 is 9.53 Å². The van der Waals surface area contributed by atoms with Gasteiger partial charge in [0, 0.05) is 18.2 Å². The molecule has 4 nitrogen and oxygen atoms in total. The quantitative estimate of drug-likeness (QED) is 0.693. The zero-order valence-corrected chi connectivity index (χ0v) is 14.3. The first-order valence-corrected chi connectivity index (χ1v) is 8.66. The fraction of sp³-hybridized carbons (Fsp3) is 0.136. The zero-order valence-electron chi connectivity index (χ0n) is 14.3. The van der Waals surface area contributed by atoms with E-state index in [1.165, 1.54) is 22.3 Å². The summed E-state index contributed by atoms with van der Waals surface area (Å²) in [5.74, 6) is 0.0648.